The third-order valence-corrected chi connectivity index (χ3v) is 10.4. The minimum absolute atomic E-state index is 0. The summed E-state index contributed by atoms with van der Waals surface area (Å²) >= 11 is 0. The second kappa shape index (κ2) is 20.3. The Balaban J connectivity index is 0.00000320. The van der Waals surface area contributed by atoms with Gasteiger partial charge in [-0.1, -0.05) is 18.2 Å². The number of hydrogen-bond acceptors (Lipinski definition) is 20. The van der Waals surface area contributed by atoms with Crippen LogP contribution >= 0.6 is 0 Å². The standard InChI is InChI=1S/C34H28N10O10S3.3Na/c35-19-6-12-25(24(36)16-19)42-39-22-9-7-20(8-10-22)38-26-13-11-23(17-27(26)55(46,47)48)41-43-32-28(56(49,50)51)14-18-15-29(57(52,53)54)33(34(45)30(18)31(32)37)44-40-21-4-2-1-3-5-21;;;/h1-17,38,45H,35-37H2,(H,46,47,48)(H,49,50,51)(H,52,53,54);;;/q;3*+1/p-3. The monoisotopic (exact) mass is 898 g/mol. The Kier molecular flexibility index (Phi) is 17.1. The van der Waals surface area contributed by atoms with E-state index in [1.807, 2.05) is 0 Å². The van der Waals surface area contributed by atoms with E-state index in [1.54, 1.807) is 30.3 Å². The number of rotatable bonds is 11. The molecule has 0 aliphatic rings. The summed E-state index contributed by atoms with van der Waals surface area (Å²) in [5.41, 5.74) is 16.9. The zero-order chi connectivity index (χ0) is 41.3. The number of nitrogens with one attached hydrogen (secondary N) is 1. The average molecular weight is 899 g/mol. The number of phenols is 1. The number of hydrogen-bond donors (Lipinski definition) is 5. The van der Waals surface area contributed by atoms with Gasteiger partial charge in [0.25, 0.3) is 0 Å². The normalized spacial score (nSPS) is 12.0. The van der Waals surface area contributed by atoms with Crippen LogP contribution in [0.1, 0.15) is 0 Å². The maximum absolute atomic E-state index is 12.4. The molecule has 292 valence electrons. The number of azo groups is 3. The topological polar surface area (TPSA) is 356 Å². The van der Waals surface area contributed by atoms with Gasteiger partial charge in [0, 0.05) is 11.4 Å². The quantitative estimate of drug-likeness (QED) is 0.0407. The molecule has 0 saturated heterocycles. The Morgan fingerprint density at radius 3 is 1.63 bits per heavy atom. The molecule has 0 fully saturated rings. The summed E-state index contributed by atoms with van der Waals surface area (Å²) in [6.07, 6.45) is 0. The Morgan fingerprint density at radius 2 is 1.05 bits per heavy atom. The summed E-state index contributed by atoms with van der Waals surface area (Å²) < 4.78 is 111. The van der Waals surface area contributed by atoms with E-state index in [1.165, 1.54) is 48.5 Å². The van der Waals surface area contributed by atoms with Crippen LogP contribution in [0.4, 0.5) is 62.6 Å². The number of benzene rings is 6. The molecule has 0 aliphatic carbocycles. The number of nitrogens with zero attached hydrogens (tertiary/aromatic N) is 6. The molecule has 0 aromatic heterocycles. The third kappa shape index (κ3) is 11.9. The first-order chi connectivity index (χ1) is 26.8. The van der Waals surface area contributed by atoms with E-state index in [9.17, 15) is 44.0 Å². The Bertz CT molecular complexity index is 3020. The summed E-state index contributed by atoms with van der Waals surface area (Å²) in [7, 11) is -16.1. The van der Waals surface area contributed by atoms with Gasteiger partial charge in [-0.15, -0.1) is 15.3 Å². The predicted molar refractivity (Wildman–Crippen MR) is 204 cm³/mol. The van der Waals surface area contributed by atoms with Crippen molar-refractivity contribution in [2.75, 3.05) is 22.5 Å². The molecule has 0 atom stereocenters. The first-order valence-corrected chi connectivity index (χ1v) is 20.0. The van der Waals surface area contributed by atoms with E-state index >= 15 is 0 Å². The van der Waals surface area contributed by atoms with Crippen LogP contribution in [0.3, 0.4) is 0 Å². The first-order valence-electron chi connectivity index (χ1n) is 15.8. The van der Waals surface area contributed by atoms with Crippen molar-refractivity contribution in [3.8, 4) is 5.75 Å². The van der Waals surface area contributed by atoms with Gasteiger partial charge < -0.3 is 41.3 Å². The molecular weight excluding hydrogens is 874 g/mol. The molecule has 26 heteroatoms. The van der Waals surface area contributed by atoms with Crippen LogP contribution in [-0.4, -0.2) is 44.0 Å². The zero-order valence-corrected chi connectivity index (χ0v) is 40.0. The largest absolute Gasteiger partial charge is 1.00 e. The van der Waals surface area contributed by atoms with Crippen molar-refractivity contribution < 1.29 is 133 Å². The average Bonchev–Trinajstić information content (AvgIpc) is 3.13. The van der Waals surface area contributed by atoms with Crippen molar-refractivity contribution in [2.45, 2.75) is 14.7 Å². The van der Waals surface area contributed by atoms with Crippen molar-refractivity contribution in [3.05, 3.63) is 103 Å². The van der Waals surface area contributed by atoms with Crippen molar-refractivity contribution in [1.29, 1.82) is 0 Å². The second-order valence-electron chi connectivity index (χ2n) is 11.8. The molecule has 0 radical (unpaired) electrons. The zero-order valence-electron chi connectivity index (χ0n) is 31.6. The third-order valence-electron chi connectivity index (χ3n) is 7.85. The van der Waals surface area contributed by atoms with Crippen LogP contribution in [0, 0.1) is 0 Å². The smallest absolute Gasteiger partial charge is 0.744 e. The number of aromatic hydroxyl groups is 1. The van der Waals surface area contributed by atoms with E-state index in [0.29, 0.717) is 40.6 Å². The molecule has 60 heavy (non-hydrogen) atoms. The van der Waals surface area contributed by atoms with Gasteiger partial charge in [0.05, 0.1) is 54.2 Å². The summed E-state index contributed by atoms with van der Waals surface area (Å²) in [6, 6.07) is 23.0. The minimum atomic E-state index is -5.48. The summed E-state index contributed by atoms with van der Waals surface area (Å²) in [4.78, 5) is -3.07. The van der Waals surface area contributed by atoms with Crippen LogP contribution in [-0.2, 0) is 30.4 Å². The van der Waals surface area contributed by atoms with Gasteiger partial charge in [-0.3, -0.25) is 0 Å². The van der Waals surface area contributed by atoms with Gasteiger partial charge in [0.15, 0.2) is 5.75 Å². The number of fused-ring (bicyclic) bond motifs is 1. The molecule has 6 aromatic rings. The maximum Gasteiger partial charge on any atom is 1.00 e. The van der Waals surface area contributed by atoms with Gasteiger partial charge in [-0.25, -0.2) is 25.3 Å². The second-order valence-corrected chi connectivity index (χ2v) is 15.8. The first kappa shape index (κ1) is 50.5. The molecule has 0 bridgehead atoms. The summed E-state index contributed by atoms with van der Waals surface area (Å²) in [6.45, 7) is 0. The molecule has 0 unspecified atom stereocenters. The van der Waals surface area contributed by atoms with Crippen molar-refractivity contribution in [1.82, 2.24) is 0 Å². The van der Waals surface area contributed by atoms with Gasteiger partial charge in [0.1, 0.15) is 47.4 Å². The van der Waals surface area contributed by atoms with Crippen LogP contribution in [0.25, 0.3) is 10.8 Å². The molecule has 8 N–H and O–H groups in total. The Labute approximate surface area is 408 Å². The molecule has 0 saturated carbocycles. The summed E-state index contributed by atoms with van der Waals surface area (Å²) in [5, 5.41) is 36.3. The van der Waals surface area contributed by atoms with Crippen molar-refractivity contribution in [2.24, 2.45) is 30.7 Å². The number of anilines is 5. The Hall–Kier alpha value is -3.89. The molecule has 0 amide bonds. The van der Waals surface area contributed by atoms with E-state index < -0.39 is 78.6 Å². The minimum Gasteiger partial charge on any atom is -0.744 e. The van der Waals surface area contributed by atoms with Crippen LogP contribution in [0.2, 0.25) is 0 Å². The van der Waals surface area contributed by atoms with Crippen LogP contribution in [0.5, 0.6) is 5.75 Å². The summed E-state index contributed by atoms with van der Waals surface area (Å²) in [5.74, 6) is -1.04. The fourth-order valence-corrected chi connectivity index (χ4v) is 7.19. The molecule has 0 aliphatic heterocycles. The number of nitrogen functional groups attached to an aromatic ring is 3. The van der Waals surface area contributed by atoms with Crippen molar-refractivity contribution >= 4 is 104 Å². The van der Waals surface area contributed by atoms with Crippen molar-refractivity contribution in [3.63, 3.8) is 0 Å². The van der Waals surface area contributed by atoms with Crippen LogP contribution < -0.4 is 111 Å². The van der Waals surface area contributed by atoms with Gasteiger partial charge in [0.2, 0.25) is 0 Å². The molecular formula is C34H25N10Na3O10S3. The molecule has 20 nitrogen and oxygen atoms in total. The predicted octanol–water partition coefficient (Wildman–Crippen LogP) is -1.99. The van der Waals surface area contributed by atoms with E-state index in [4.69, 9.17) is 17.2 Å². The number of nitrogens with two attached hydrogens (primary N) is 3. The fourth-order valence-electron chi connectivity index (χ4n) is 5.23. The van der Waals surface area contributed by atoms with Gasteiger partial charge in [-0.05, 0) is 90.3 Å². The van der Waals surface area contributed by atoms with E-state index in [0.717, 1.165) is 12.1 Å². The van der Waals surface area contributed by atoms with Crippen LogP contribution in [0.15, 0.2) is 149 Å². The van der Waals surface area contributed by atoms with Gasteiger partial charge >= 0.3 is 88.7 Å². The number of phenolic OH excluding ortho intramolecular Hbond substituents is 1. The molecule has 6 aromatic carbocycles. The van der Waals surface area contributed by atoms with E-state index in [2.05, 4.69) is 36.0 Å². The molecule has 6 rings (SSSR count). The molecule has 0 heterocycles. The SMILES string of the molecule is Nc1ccc(N=Nc2ccc(Nc3ccc(N=Nc4c(S(=O)(=O)[O-])cc5cc(S(=O)(=O)[O-])c(N=Nc6ccccc6)c(O)c5c4N)cc3S(=O)(=O)[O-])cc2)c(N)c1.[Na+].[Na+].[Na+]. The molecule has 0 spiro atoms. The maximum atomic E-state index is 12.4. The Morgan fingerprint density at radius 1 is 0.533 bits per heavy atom. The fraction of sp³-hybridized carbons (Fsp3) is 0. The van der Waals surface area contributed by atoms with E-state index in [-0.39, 0.29) is 106 Å². The van der Waals surface area contributed by atoms with Gasteiger partial charge in [-0.2, -0.15) is 15.3 Å².